The van der Waals surface area contributed by atoms with E-state index >= 15 is 0 Å². The lowest BCUT2D eigenvalue weighted by molar-refractivity contribution is -0.149. The monoisotopic (exact) mass is 359 g/mol. The Hall–Kier alpha value is -2.53. The molecule has 130 valence electrons. The van der Waals surface area contributed by atoms with Crippen LogP contribution < -0.4 is 9.64 Å². The number of carbonyl (C=O) groups excluding carboxylic acids is 2. The molecule has 25 heavy (non-hydrogen) atoms. The maximum Gasteiger partial charge on any atom is 0.311 e. The summed E-state index contributed by atoms with van der Waals surface area (Å²) in [5, 5.41) is 0.550. The molecule has 0 saturated carbocycles. The lowest BCUT2D eigenvalue weighted by atomic mass is 10.1. The van der Waals surface area contributed by atoms with Crippen LogP contribution in [0.4, 0.5) is 5.69 Å². The van der Waals surface area contributed by atoms with Gasteiger partial charge in [-0.1, -0.05) is 29.8 Å². The molecule has 0 unspecified atom stereocenters. The van der Waals surface area contributed by atoms with Gasteiger partial charge in [-0.25, -0.2) is 0 Å². The van der Waals surface area contributed by atoms with E-state index in [1.54, 1.807) is 36.3 Å². The molecule has 1 saturated heterocycles. The highest BCUT2D eigenvalue weighted by atomic mass is 35.5. The molecule has 0 spiro atoms. The molecular weight excluding hydrogens is 342 g/mol. The van der Waals surface area contributed by atoms with Gasteiger partial charge in [0.25, 0.3) is 0 Å². The molecule has 1 amide bonds. The van der Waals surface area contributed by atoms with Crippen LogP contribution in [0.5, 0.6) is 5.75 Å². The van der Waals surface area contributed by atoms with E-state index in [0.717, 1.165) is 5.56 Å². The number of ether oxygens (including phenoxy) is 2. The predicted octanol–water partition coefficient (Wildman–Crippen LogP) is 3.44. The number of hydrogen-bond donors (Lipinski definition) is 0. The highest BCUT2D eigenvalue weighted by molar-refractivity contribution is 6.30. The van der Waals surface area contributed by atoms with Crippen LogP contribution in [-0.2, 0) is 20.9 Å². The molecule has 2 aromatic carbocycles. The molecule has 1 heterocycles. The highest BCUT2D eigenvalue weighted by Crippen LogP contribution is 2.28. The summed E-state index contributed by atoms with van der Waals surface area (Å²) in [4.78, 5) is 26.1. The molecule has 0 bridgehead atoms. The zero-order chi connectivity index (χ0) is 17.8. The fourth-order valence-electron chi connectivity index (χ4n) is 2.79. The number of methoxy groups -OCH3 is 1. The Kier molecular flexibility index (Phi) is 5.24. The third-order valence-electron chi connectivity index (χ3n) is 4.09. The van der Waals surface area contributed by atoms with E-state index < -0.39 is 5.92 Å². The summed E-state index contributed by atoms with van der Waals surface area (Å²) in [6.45, 7) is 0.452. The van der Waals surface area contributed by atoms with Gasteiger partial charge in [0, 0.05) is 23.7 Å². The first kappa shape index (κ1) is 17.3. The molecule has 0 radical (unpaired) electrons. The minimum atomic E-state index is -0.475. The standard InChI is InChI=1S/C19H18ClNO4/c1-24-17-7-2-4-13(8-17)12-25-19(23)14-9-18(22)21(11-14)16-6-3-5-15(20)10-16/h2-8,10,14H,9,11-12H2,1H3/t14-/m0/s1. The van der Waals surface area contributed by atoms with Crippen LogP contribution in [0.25, 0.3) is 0 Å². The van der Waals surface area contributed by atoms with Crippen molar-refractivity contribution in [1.29, 1.82) is 0 Å². The Morgan fingerprint density at radius 1 is 1.24 bits per heavy atom. The fourth-order valence-corrected chi connectivity index (χ4v) is 2.98. The van der Waals surface area contributed by atoms with E-state index in [0.29, 0.717) is 23.0 Å². The molecular formula is C19H18ClNO4. The van der Waals surface area contributed by atoms with Crippen molar-refractivity contribution in [3.8, 4) is 5.75 Å². The van der Waals surface area contributed by atoms with Crippen molar-refractivity contribution in [2.24, 2.45) is 5.92 Å². The lowest BCUT2D eigenvalue weighted by Gasteiger charge is -2.16. The van der Waals surface area contributed by atoms with Crippen LogP contribution in [0.2, 0.25) is 5.02 Å². The van der Waals surface area contributed by atoms with Gasteiger partial charge in [0.1, 0.15) is 12.4 Å². The van der Waals surface area contributed by atoms with Crippen LogP contribution >= 0.6 is 11.6 Å². The van der Waals surface area contributed by atoms with Gasteiger partial charge < -0.3 is 14.4 Å². The van der Waals surface area contributed by atoms with E-state index in [1.165, 1.54) is 0 Å². The van der Waals surface area contributed by atoms with E-state index in [2.05, 4.69) is 0 Å². The molecule has 0 aromatic heterocycles. The molecule has 1 atom stereocenters. The van der Waals surface area contributed by atoms with Crippen molar-refractivity contribution in [3.63, 3.8) is 0 Å². The molecule has 6 heteroatoms. The largest absolute Gasteiger partial charge is 0.497 e. The summed E-state index contributed by atoms with van der Waals surface area (Å²) in [5.41, 5.74) is 1.53. The summed E-state index contributed by atoms with van der Waals surface area (Å²) in [5.74, 6) is -0.250. The first-order valence-corrected chi connectivity index (χ1v) is 8.30. The van der Waals surface area contributed by atoms with Crippen LogP contribution in [-0.4, -0.2) is 25.5 Å². The molecule has 0 aliphatic carbocycles. The first-order valence-electron chi connectivity index (χ1n) is 7.92. The first-order chi connectivity index (χ1) is 12.1. The van der Waals surface area contributed by atoms with Crippen molar-refractivity contribution in [1.82, 2.24) is 0 Å². The zero-order valence-corrected chi connectivity index (χ0v) is 14.5. The van der Waals surface area contributed by atoms with E-state index in [-0.39, 0.29) is 24.9 Å². The fraction of sp³-hybridized carbons (Fsp3) is 0.263. The van der Waals surface area contributed by atoms with Gasteiger partial charge in [0.2, 0.25) is 5.91 Å². The molecule has 1 fully saturated rings. The maximum absolute atomic E-state index is 12.3. The smallest absolute Gasteiger partial charge is 0.311 e. The summed E-state index contributed by atoms with van der Waals surface area (Å²) >= 11 is 5.97. The van der Waals surface area contributed by atoms with Crippen LogP contribution in [0.1, 0.15) is 12.0 Å². The van der Waals surface area contributed by atoms with E-state index in [1.807, 2.05) is 24.3 Å². The Labute approximate surface area is 151 Å². The number of halogens is 1. The van der Waals surface area contributed by atoms with Crippen molar-refractivity contribution in [2.45, 2.75) is 13.0 Å². The number of hydrogen-bond acceptors (Lipinski definition) is 4. The third-order valence-corrected chi connectivity index (χ3v) is 4.33. The van der Waals surface area contributed by atoms with Crippen molar-refractivity contribution in [2.75, 3.05) is 18.6 Å². The minimum absolute atomic E-state index is 0.106. The third kappa shape index (κ3) is 4.12. The molecule has 2 aromatic rings. The summed E-state index contributed by atoms with van der Waals surface area (Å²) in [7, 11) is 1.58. The quantitative estimate of drug-likeness (QED) is 0.767. The van der Waals surface area contributed by atoms with Gasteiger partial charge in [-0.15, -0.1) is 0 Å². The van der Waals surface area contributed by atoms with E-state index in [9.17, 15) is 9.59 Å². The second-order valence-electron chi connectivity index (χ2n) is 5.84. The molecule has 3 rings (SSSR count). The zero-order valence-electron chi connectivity index (χ0n) is 13.8. The number of rotatable bonds is 5. The average molecular weight is 360 g/mol. The molecule has 0 N–H and O–H groups in total. The topological polar surface area (TPSA) is 55.8 Å². The number of nitrogens with zero attached hydrogens (tertiary/aromatic N) is 1. The van der Waals surface area contributed by atoms with Crippen LogP contribution in [0.3, 0.4) is 0 Å². The molecule has 1 aliphatic heterocycles. The Bertz CT molecular complexity index is 792. The molecule has 1 aliphatic rings. The number of amides is 1. The van der Waals surface area contributed by atoms with Crippen LogP contribution in [0, 0.1) is 5.92 Å². The molecule has 5 nitrogen and oxygen atoms in total. The average Bonchev–Trinajstić information content (AvgIpc) is 3.02. The minimum Gasteiger partial charge on any atom is -0.497 e. The van der Waals surface area contributed by atoms with Gasteiger partial charge in [0.05, 0.1) is 13.0 Å². The maximum atomic E-state index is 12.3. The summed E-state index contributed by atoms with van der Waals surface area (Å²) < 4.78 is 10.5. The summed E-state index contributed by atoms with van der Waals surface area (Å²) in [6.07, 6.45) is 0.142. The normalized spacial score (nSPS) is 16.8. The Morgan fingerprint density at radius 3 is 2.80 bits per heavy atom. The van der Waals surface area contributed by atoms with Crippen molar-refractivity contribution in [3.05, 3.63) is 59.1 Å². The highest BCUT2D eigenvalue weighted by Gasteiger charge is 2.36. The second-order valence-corrected chi connectivity index (χ2v) is 6.28. The predicted molar refractivity (Wildman–Crippen MR) is 94.7 cm³/mol. The number of anilines is 1. The Balaban J connectivity index is 1.61. The Morgan fingerprint density at radius 2 is 2.04 bits per heavy atom. The second kappa shape index (κ2) is 7.57. The van der Waals surface area contributed by atoms with Crippen LogP contribution in [0.15, 0.2) is 48.5 Å². The van der Waals surface area contributed by atoms with Gasteiger partial charge in [-0.3, -0.25) is 9.59 Å². The van der Waals surface area contributed by atoms with Gasteiger partial charge in [0.15, 0.2) is 0 Å². The number of benzene rings is 2. The van der Waals surface area contributed by atoms with Gasteiger partial charge >= 0.3 is 5.97 Å². The SMILES string of the molecule is COc1cccc(COC(=O)[C@H]2CC(=O)N(c3cccc(Cl)c3)C2)c1. The number of esters is 1. The number of carbonyl (C=O) groups is 2. The lowest BCUT2D eigenvalue weighted by Crippen LogP contribution is -2.26. The summed E-state index contributed by atoms with van der Waals surface area (Å²) in [6, 6.07) is 14.4. The van der Waals surface area contributed by atoms with Crippen molar-refractivity contribution < 1.29 is 19.1 Å². The van der Waals surface area contributed by atoms with Crippen molar-refractivity contribution >= 4 is 29.2 Å². The van der Waals surface area contributed by atoms with Gasteiger partial charge in [-0.2, -0.15) is 0 Å². The van der Waals surface area contributed by atoms with Gasteiger partial charge in [-0.05, 0) is 35.9 Å². The van der Waals surface area contributed by atoms with E-state index in [4.69, 9.17) is 21.1 Å².